The van der Waals surface area contributed by atoms with E-state index in [-0.39, 0.29) is 132 Å². The molecule has 4 fully saturated rings. The summed E-state index contributed by atoms with van der Waals surface area (Å²) in [7, 11) is 6.50. The second-order valence-electron chi connectivity index (χ2n) is 33.9. The number of Topliss-reactive ketones (excluding diaryl/α,β-unsaturated/α-hetero) is 2. The van der Waals surface area contributed by atoms with Gasteiger partial charge in [-0.2, -0.15) is 23.7 Å². The Labute approximate surface area is 958 Å². The molecule has 0 aliphatic carbocycles. The first-order valence-electron chi connectivity index (χ1n) is 43.2. The molecule has 0 radical (unpaired) electrons. The summed E-state index contributed by atoms with van der Waals surface area (Å²) >= 11 is 37.3. The number of pyridine rings is 4. The van der Waals surface area contributed by atoms with Gasteiger partial charge in [0.1, 0.15) is 132 Å². The van der Waals surface area contributed by atoms with Gasteiger partial charge in [0, 0.05) is 217 Å². The zero-order valence-corrected chi connectivity index (χ0v) is 100. The highest BCUT2D eigenvalue weighted by molar-refractivity contribution is 9.11. The van der Waals surface area contributed by atoms with Gasteiger partial charge in [-0.25, -0.2) is 85.2 Å². The Morgan fingerprint density at radius 2 is 0.927 bits per heavy atom. The van der Waals surface area contributed by atoms with Crippen LogP contribution in [0.3, 0.4) is 0 Å². The Bertz CT molecular complexity index is 6710. The maximum absolute atomic E-state index is 14.5. The van der Waals surface area contributed by atoms with Crippen molar-refractivity contribution in [2.24, 2.45) is 7.05 Å². The van der Waals surface area contributed by atoms with Crippen molar-refractivity contribution in [1.82, 2.24) is 89.0 Å². The topological polar surface area (TPSA) is 504 Å². The highest BCUT2D eigenvalue weighted by atomic mass is 79.9. The van der Waals surface area contributed by atoms with Crippen LogP contribution in [-0.4, -0.2) is 254 Å². The SMILES string of the molecule is CC(=O)c1nn(CC(=O)N2C[C@H](F)C[C@H]2C(=O)Nc2ccc(C)c(Br)n2)c2ccc(-c3cnc(C)nc3)cc12.CC(=O)c1nn(CC(=O)O)c2ccc(-c3cnc(C)nc3)cc12.CC(C)(C)OC(=O)N1C[C@H](F)C[C@H]1C(=O)Nc1cccc(Br)n1.CC(C)(C)OC(=O)N1C[C@H](F)C[C@H]1C(=O)O.CS(=O)(=O)Cl.Cc1ccc(N)nc1Br.Cc1ccc(NC(=O)[C@@H]2C[C@@H](F)CN2)nc1Br.Cl.Cl.Cn1ccnc1.S.S=S.S=S=S.S=S=S=S. The van der Waals surface area contributed by atoms with Gasteiger partial charge in [0.15, 0.2) is 11.6 Å². The van der Waals surface area contributed by atoms with Crippen molar-refractivity contribution >= 4 is 320 Å². The van der Waals surface area contributed by atoms with Gasteiger partial charge in [-0.1, -0.05) is 36.4 Å². The van der Waals surface area contributed by atoms with Gasteiger partial charge in [-0.3, -0.25) is 52.7 Å². The number of carboxylic acid groups (broad SMARTS) is 2. The molecule has 2 aromatic carbocycles. The summed E-state index contributed by atoms with van der Waals surface area (Å²) in [5.41, 5.74) is 11.8. The summed E-state index contributed by atoms with van der Waals surface area (Å²) in [4.78, 5) is 161. The van der Waals surface area contributed by atoms with E-state index in [9.17, 15) is 73.9 Å². The fourth-order valence-electron chi connectivity index (χ4n) is 13.3. The van der Waals surface area contributed by atoms with Crippen molar-refractivity contribution in [1.29, 1.82) is 0 Å². The number of hydrogen-bond donors (Lipinski definition) is 7. The fourth-order valence-corrected chi connectivity index (χ4v) is 14.6. The number of fused-ring (bicyclic) bond motifs is 2. The second kappa shape index (κ2) is 66.0. The van der Waals surface area contributed by atoms with Crippen LogP contribution >= 0.6 is 113 Å². The van der Waals surface area contributed by atoms with Gasteiger partial charge < -0.3 is 56.2 Å². The van der Waals surface area contributed by atoms with Gasteiger partial charge >= 0.3 is 24.1 Å². The number of nitrogen functional groups attached to an aromatic ring is 1. The minimum absolute atomic E-state index is 0. The molecule has 60 heteroatoms. The first kappa shape index (κ1) is 137. The highest BCUT2D eigenvalue weighted by Crippen LogP contribution is 2.33. The summed E-state index contributed by atoms with van der Waals surface area (Å²) in [6.45, 7) is 21.4. The van der Waals surface area contributed by atoms with Crippen LogP contribution in [0.4, 0.5) is 50.4 Å². The number of aryl methyl sites for hydroxylation is 6. The molecule has 0 unspecified atom stereocenters. The van der Waals surface area contributed by atoms with Crippen LogP contribution in [0.1, 0.15) is 130 Å². The van der Waals surface area contributed by atoms with Crippen molar-refractivity contribution < 1.29 is 93.6 Å². The van der Waals surface area contributed by atoms with E-state index in [0.717, 1.165) is 68.5 Å². The van der Waals surface area contributed by atoms with Crippen LogP contribution in [0.5, 0.6) is 0 Å². The molecule has 8 N–H and O–H groups in total. The van der Waals surface area contributed by atoms with E-state index < -0.39 is 111 Å². The maximum atomic E-state index is 14.5. The van der Waals surface area contributed by atoms with E-state index in [4.69, 9.17) is 25.4 Å². The zero-order valence-electron chi connectivity index (χ0n) is 82.5. The number of aromatic nitrogens is 14. The number of hydrogen-bond acceptors (Lipinski definition) is 33. The number of ether oxygens (including phenoxy) is 2. The number of likely N-dealkylation sites (tertiary alicyclic amines) is 3. The number of anilines is 4. The van der Waals surface area contributed by atoms with Gasteiger partial charge in [0.25, 0.3) is 0 Å². The number of imidazole rings is 1. The van der Waals surface area contributed by atoms with E-state index in [1.807, 2.05) is 75.0 Å². The fraction of sp³-hybridized carbons (Fsp3) is 0.389. The predicted octanol–water partition coefficient (Wildman–Crippen LogP) is 15.8. The molecule has 0 spiro atoms. The molecular formula is C90H107Br4Cl3F4N22O16S11. The van der Waals surface area contributed by atoms with Crippen LogP contribution < -0.4 is 27.0 Å². The Balaban J connectivity index is 0.000000605. The zero-order chi connectivity index (χ0) is 110. The first-order chi connectivity index (χ1) is 68.9. The minimum Gasteiger partial charge on any atom is -0.480 e. The number of amides is 6. The molecule has 9 aromatic heterocycles. The quantitative estimate of drug-likeness (QED) is 0.0217. The number of nitrogens with zero attached hydrogens (tertiary/aromatic N) is 17. The molecule has 0 saturated carbocycles. The smallest absolute Gasteiger partial charge is 0.411 e. The lowest BCUT2D eigenvalue weighted by molar-refractivity contribution is -0.142. The monoisotopic (exact) mass is 2600 g/mol. The van der Waals surface area contributed by atoms with Gasteiger partial charge in [0.05, 0.1) is 49.3 Å². The molecule has 0 bridgehead atoms. The van der Waals surface area contributed by atoms with Crippen molar-refractivity contribution in [2.45, 2.75) is 189 Å². The number of nitrogens with two attached hydrogens (primary N) is 1. The second-order valence-corrected chi connectivity index (χ2v) is 45.3. The third-order valence-corrected chi connectivity index (χ3v) is 24.9. The molecule has 11 aromatic rings. The minimum atomic E-state index is -3.19. The number of carbonyl (C=O) groups is 10. The van der Waals surface area contributed by atoms with Crippen LogP contribution in [0, 0.1) is 34.6 Å². The Kier molecular flexibility index (Phi) is 60.1. The molecule has 4 aliphatic rings. The molecule has 4 aliphatic heterocycles. The molecule has 4 saturated heterocycles. The third kappa shape index (κ3) is 46.9. The Morgan fingerprint density at radius 3 is 1.27 bits per heavy atom. The highest BCUT2D eigenvalue weighted by Gasteiger charge is 2.45. The molecule has 6 amide bonds. The van der Waals surface area contributed by atoms with E-state index >= 15 is 0 Å². The summed E-state index contributed by atoms with van der Waals surface area (Å²) in [6.07, 6.45) is 6.68. The van der Waals surface area contributed by atoms with Crippen molar-refractivity contribution in [2.75, 3.05) is 54.1 Å². The summed E-state index contributed by atoms with van der Waals surface area (Å²) in [5.74, 6) is -1.46. The lowest BCUT2D eigenvalue weighted by Gasteiger charge is -2.27. The number of halogens is 11. The van der Waals surface area contributed by atoms with E-state index in [1.54, 1.807) is 147 Å². The number of alkyl halides is 4. The molecule has 13 heterocycles. The molecular weight excluding hydrogens is 2500 g/mol. The standard InChI is InChI=1S/C27H25BrFN7O3.C16H14N4O3.C15H19BrFN3O3.C11H13BrFN3O.C10H16FNO4.C6H7BrN2.C4H6N2.CH3ClO2S.2ClH.S4.S3.S2.H2S/c1-14-4-7-23(32-26(14)28)33-27(39)22-9-19(29)12-35(22)24(38)13-36-21-6-5-17(18-10-30-16(3)31-11-18)8-20(21)25(34-36)15(2)37;1-9(21)16-13-5-11(12-6-17-10(2)18-7-12)3-4-14(13)20(19-16)8-15(22)23;1-15(2,3)23-14(22)20-8-9(17)7-10(20)13(21)19-12-6-4-5-11(16)18-12;1-6-2-3-9(15-10(6)12)16-11(17)8-4-7(13)5-14-8;1-10(2,3)16-9(15)12-5-6(11)4-7(12)8(13)14;1-4-2-3-5(8)9-6(4)7;1-6-3-2-5-4-6;1-5(2,3)4;;;1-3-4-2;1-3-2;1-2;/h4-8,10-11,19,22H,9,12-13H2,1-3H3,(H,32,33,39);3-7H,8H2,1-2H3,(H,22,23);4-6,9-10H,7-8H2,1-3H3,(H,18,19,21);2-3,7-8,14H,4-5H2,1H3,(H,15,16,17);6-7H,4-5H2,1-3H3,(H,13,14);2-3H,1H3,(H2,8,9);2-4H,1H3;1H3;2*1H;;;;1H2/t19-,22+;;9-,10+;7-,8+;6-,7+;;;;;;;;;/m1.111........./s1. The van der Waals surface area contributed by atoms with Crippen LogP contribution in [0.25, 0.3) is 44.1 Å². The number of rotatable bonds is 15. The molecule has 150 heavy (non-hydrogen) atoms. The number of ketones is 2. The van der Waals surface area contributed by atoms with Gasteiger partial charge in [-0.05, 0) is 222 Å². The number of aliphatic carboxylic acids is 2. The normalized spacial score (nSPS) is 16.3. The van der Waals surface area contributed by atoms with E-state index in [1.165, 1.54) is 45.9 Å². The van der Waals surface area contributed by atoms with Gasteiger partial charge in [-0.15, -0.1) is 24.8 Å². The number of nitrogens with one attached hydrogen (secondary N) is 4. The summed E-state index contributed by atoms with van der Waals surface area (Å²) in [5, 5.41) is 38.3. The number of carbonyl (C=O) groups excluding carboxylic acids is 8. The predicted molar refractivity (Wildman–Crippen MR) is 612 cm³/mol. The van der Waals surface area contributed by atoms with Crippen LogP contribution in [0.2, 0.25) is 0 Å². The van der Waals surface area contributed by atoms with Crippen LogP contribution in [-0.2, 0) is 161 Å². The lowest BCUT2D eigenvalue weighted by atomic mass is 10.0. The lowest BCUT2D eigenvalue weighted by Crippen LogP contribution is -2.45. The number of carboxylic acids is 2. The van der Waals surface area contributed by atoms with Crippen LogP contribution in [0.15, 0.2) is 153 Å². The van der Waals surface area contributed by atoms with E-state index in [0.29, 0.717) is 70.5 Å². The maximum Gasteiger partial charge on any atom is 0.411 e. The van der Waals surface area contributed by atoms with Crippen molar-refractivity contribution in [3.8, 4) is 22.3 Å². The summed E-state index contributed by atoms with van der Waals surface area (Å²) < 4.78 is 90.5. The van der Waals surface area contributed by atoms with E-state index in [2.05, 4.69) is 218 Å². The molecule has 816 valence electrons. The molecule has 8 atom stereocenters. The van der Waals surface area contributed by atoms with Gasteiger partial charge in [0.2, 0.25) is 32.7 Å². The largest absolute Gasteiger partial charge is 0.480 e. The first-order valence-corrected chi connectivity index (χ1v) is 57.1. The third-order valence-electron chi connectivity index (χ3n) is 19.8. The number of benzene rings is 2. The average Bonchev–Trinajstić information content (AvgIpc) is 1.63. The van der Waals surface area contributed by atoms with Crippen molar-refractivity contribution in [3.05, 3.63) is 193 Å². The average molecular weight is 2610 g/mol. The molecule has 15 rings (SSSR count). The summed E-state index contributed by atoms with van der Waals surface area (Å²) in [6, 6.07) is 23.1. The van der Waals surface area contributed by atoms with Crippen molar-refractivity contribution in [3.63, 3.8) is 0 Å². The molecule has 38 nitrogen and oxygen atoms in total. The Hall–Kier alpha value is -9.40. The Morgan fingerprint density at radius 1 is 0.547 bits per heavy atom.